The molecule has 0 aliphatic heterocycles. The lowest BCUT2D eigenvalue weighted by Crippen LogP contribution is -2.07. The Balaban J connectivity index is 3.28. The molecule has 88 valence electrons. The van der Waals surface area contributed by atoms with E-state index in [9.17, 15) is 13.2 Å². The molecule has 4 N–H and O–H groups in total. The summed E-state index contributed by atoms with van der Waals surface area (Å²) in [6.07, 6.45) is 0. The third-order valence-electron chi connectivity index (χ3n) is 1.49. The molecule has 0 spiro atoms. The highest BCUT2D eigenvalue weighted by molar-refractivity contribution is 7.81. The predicted molar refractivity (Wildman–Crippen MR) is 48.9 cm³/mol. The van der Waals surface area contributed by atoms with Gasteiger partial charge in [0.1, 0.15) is 0 Å². The summed E-state index contributed by atoms with van der Waals surface area (Å²) in [6.45, 7) is 0. The van der Waals surface area contributed by atoms with Crippen LogP contribution in [0.3, 0.4) is 0 Å². The number of aromatic carboxylic acids is 1. The molecule has 1 aromatic rings. The van der Waals surface area contributed by atoms with Crippen molar-refractivity contribution in [3.05, 3.63) is 17.7 Å². The highest BCUT2D eigenvalue weighted by atomic mass is 32.3. The van der Waals surface area contributed by atoms with Gasteiger partial charge in [-0.2, -0.15) is 8.42 Å². The molecule has 0 amide bonds. The van der Waals surface area contributed by atoms with Gasteiger partial charge in [0.15, 0.2) is 11.5 Å². The van der Waals surface area contributed by atoms with Crippen LogP contribution in [-0.4, -0.2) is 34.3 Å². The summed E-state index contributed by atoms with van der Waals surface area (Å²) in [5.41, 5.74) is -0.474. The number of hydrogen-bond donors (Lipinski definition) is 4. The number of phenolic OH excluding ortho intramolecular Hbond substituents is 2. The Morgan fingerprint density at radius 1 is 1.19 bits per heavy atom. The maximum atomic E-state index is 10.5. The van der Waals surface area contributed by atoms with Gasteiger partial charge in [0, 0.05) is 0 Å². The normalized spacial score (nSPS) is 11.1. The molecule has 0 unspecified atom stereocenters. The van der Waals surface area contributed by atoms with E-state index in [1.54, 1.807) is 0 Å². The van der Waals surface area contributed by atoms with Crippen molar-refractivity contribution in [2.75, 3.05) is 0 Å². The van der Waals surface area contributed by atoms with Crippen LogP contribution in [-0.2, 0) is 10.4 Å². The molecular weight excluding hydrogens is 244 g/mol. The predicted octanol–water partition coefficient (Wildman–Crippen LogP) is -0.0224. The topological polar surface area (TPSA) is 141 Å². The van der Waals surface area contributed by atoms with E-state index in [1.807, 2.05) is 0 Å². The monoisotopic (exact) mass is 250 g/mol. The molecule has 1 aromatic carbocycles. The van der Waals surface area contributed by atoms with Crippen molar-refractivity contribution in [3.8, 4) is 17.2 Å². The van der Waals surface area contributed by atoms with Crippen LogP contribution in [0, 0.1) is 0 Å². The van der Waals surface area contributed by atoms with Gasteiger partial charge in [0.25, 0.3) is 0 Å². The average Bonchev–Trinajstić information content (AvgIpc) is 2.09. The number of carboxylic acids is 1. The molecule has 0 saturated carbocycles. The summed E-state index contributed by atoms with van der Waals surface area (Å²) in [5, 5.41) is 26.8. The number of phenols is 2. The van der Waals surface area contributed by atoms with Gasteiger partial charge >= 0.3 is 16.4 Å². The van der Waals surface area contributed by atoms with E-state index in [2.05, 4.69) is 4.18 Å². The first-order chi connectivity index (χ1) is 7.20. The fourth-order valence-electron chi connectivity index (χ4n) is 0.913. The third-order valence-corrected chi connectivity index (χ3v) is 1.86. The van der Waals surface area contributed by atoms with E-state index in [4.69, 9.17) is 19.9 Å². The summed E-state index contributed by atoms with van der Waals surface area (Å²) >= 11 is 0. The zero-order valence-corrected chi connectivity index (χ0v) is 8.30. The first kappa shape index (κ1) is 12.1. The van der Waals surface area contributed by atoms with E-state index >= 15 is 0 Å². The van der Waals surface area contributed by atoms with Crippen molar-refractivity contribution in [1.29, 1.82) is 0 Å². The van der Waals surface area contributed by atoms with Crippen molar-refractivity contribution in [2.45, 2.75) is 0 Å². The van der Waals surface area contributed by atoms with Gasteiger partial charge in [-0.05, 0) is 12.1 Å². The Kier molecular flexibility index (Phi) is 2.92. The van der Waals surface area contributed by atoms with Crippen LogP contribution in [0.1, 0.15) is 10.4 Å². The van der Waals surface area contributed by atoms with Gasteiger partial charge in [-0.15, -0.1) is 0 Å². The number of carboxylic acid groups (broad SMARTS) is 1. The van der Waals surface area contributed by atoms with Crippen LogP contribution in [0.2, 0.25) is 0 Å². The van der Waals surface area contributed by atoms with E-state index in [-0.39, 0.29) is 0 Å². The largest absolute Gasteiger partial charge is 0.504 e. The Hall–Kier alpha value is -2.00. The molecule has 0 fully saturated rings. The Labute approximate surface area is 89.3 Å². The molecule has 0 aliphatic rings. The molecule has 0 saturated heterocycles. The zero-order chi connectivity index (χ0) is 12.5. The van der Waals surface area contributed by atoms with Crippen LogP contribution in [0.25, 0.3) is 0 Å². The molecule has 0 atom stereocenters. The standard InChI is InChI=1S/C7H6O8S/c8-4-1-3(7(10)11)2-5(9)6(4)15-16(12,13)14/h1-2,8-9H,(H,10,11)(H,12,13,14). The van der Waals surface area contributed by atoms with Gasteiger partial charge in [0.2, 0.25) is 5.75 Å². The second-order valence-corrected chi connectivity index (χ2v) is 3.68. The van der Waals surface area contributed by atoms with Crippen LogP contribution in [0.15, 0.2) is 12.1 Å². The zero-order valence-electron chi connectivity index (χ0n) is 7.48. The van der Waals surface area contributed by atoms with Gasteiger partial charge < -0.3 is 19.5 Å². The number of carbonyl (C=O) groups is 1. The third kappa shape index (κ3) is 2.74. The highest BCUT2D eigenvalue weighted by Crippen LogP contribution is 2.37. The fraction of sp³-hybridized carbons (Fsp3) is 0. The van der Waals surface area contributed by atoms with Crippen LogP contribution in [0.4, 0.5) is 0 Å². The quantitative estimate of drug-likeness (QED) is 0.548. The van der Waals surface area contributed by atoms with Crippen molar-refractivity contribution in [2.24, 2.45) is 0 Å². The summed E-state index contributed by atoms with van der Waals surface area (Å²) in [4.78, 5) is 10.5. The SMILES string of the molecule is O=C(O)c1cc(O)c(OS(=O)(=O)O)c(O)c1. The number of aromatic hydroxyl groups is 2. The highest BCUT2D eigenvalue weighted by Gasteiger charge is 2.19. The van der Waals surface area contributed by atoms with Crippen LogP contribution >= 0.6 is 0 Å². The average molecular weight is 250 g/mol. The first-order valence-electron chi connectivity index (χ1n) is 3.67. The minimum Gasteiger partial charge on any atom is -0.504 e. The minimum atomic E-state index is -4.92. The van der Waals surface area contributed by atoms with Gasteiger partial charge in [-0.1, -0.05) is 0 Å². The second-order valence-electron chi connectivity index (χ2n) is 2.66. The maximum absolute atomic E-state index is 10.5. The van der Waals surface area contributed by atoms with E-state index < -0.39 is 39.2 Å². The smallest absolute Gasteiger partial charge is 0.446 e. The number of rotatable bonds is 3. The Morgan fingerprint density at radius 2 is 1.62 bits per heavy atom. The first-order valence-corrected chi connectivity index (χ1v) is 5.03. The second kappa shape index (κ2) is 3.87. The van der Waals surface area contributed by atoms with E-state index in [0.29, 0.717) is 12.1 Å². The van der Waals surface area contributed by atoms with E-state index in [0.717, 1.165) is 0 Å². The molecule has 0 aromatic heterocycles. The number of benzene rings is 1. The molecular formula is C7H6O8S. The molecule has 16 heavy (non-hydrogen) atoms. The molecule has 0 heterocycles. The summed E-state index contributed by atoms with van der Waals surface area (Å²) in [7, 11) is -4.92. The van der Waals surface area contributed by atoms with Crippen molar-refractivity contribution < 1.29 is 37.3 Å². The van der Waals surface area contributed by atoms with E-state index in [1.165, 1.54) is 0 Å². The summed E-state index contributed by atoms with van der Waals surface area (Å²) in [5.74, 6) is -4.26. The van der Waals surface area contributed by atoms with Crippen LogP contribution in [0.5, 0.6) is 17.2 Å². The Bertz CT molecular complexity index is 508. The lowest BCUT2D eigenvalue weighted by molar-refractivity contribution is 0.0696. The maximum Gasteiger partial charge on any atom is 0.446 e. The summed E-state index contributed by atoms with van der Waals surface area (Å²) < 4.78 is 32.8. The molecule has 1 rings (SSSR count). The lowest BCUT2D eigenvalue weighted by Gasteiger charge is -2.07. The van der Waals surface area contributed by atoms with Crippen molar-refractivity contribution >= 4 is 16.4 Å². The minimum absolute atomic E-state index is 0.474. The summed E-state index contributed by atoms with van der Waals surface area (Å²) in [6, 6.07) is 1.31. The molecule has 8 nitrogen and oxygen atoms in total. The van der Waals surface area contributed by atoms with Gasteiger partial charge in [-0.3, -0.25) is 4.55 Å². The van der Waals surface area contributed by atoms with Gasteiger partial charge in [0.05, 0.1) is 5.56 Å². The Morgan fingerprint density at radius 3 is 1.94 bits per heavy atom. The van der Waals surface area contributed by atoms with Crippen molar-refractivity contribution in [3.63, 3.8) is 0 Å². The molecule has 0 aliphatic carbocycles. The van der Waals surface area contributed by atoms with Gasteiger partial charge in [-0.25, -0.2) is 4.79 Å². The van der Waals surface area contributed by atoms with Crippen molar-refractivity contribution in [1.82, 2.24) is 0 Å². The molecule has 9 heteroatoms. The molecule has 0 bridgehead atoms. The fourth-order valence-corrected chi connectivity index (χ4v) is 1.29. The lowest BCUT2D eigenvalue weighted by atomic mass is 10.2. The van der Waals surface area contributed by atoms with Crippen LogP contribution < -0.4 is 4.18 Å². The number of hydrogen-bond acceptors (Lipinski definition) is 6. The molecule has 0 radical (unpaired) electrons.